The molecule has 2 atom stereocenters. The zero-order valence-corrected chi connectivity index (χ0v) is 9.58. The summed E-state index contributed by atoms with van der Waals surface area (Å²) in [5.74, 6) is -0.889. The van der Waals surface area contributed by atoms with Gasteiger partial charge in [-0.15, -0.1) is 11.3 Å². The molecule has 1 unspecified atom stereocenters. The molecule has 0 aliphatic heterocycles. The van der Waals surface area contributed by atoms with E-state index in [1.165, 1.54) is 7.11 Å². The first-order valence-corrected chi connectivity index (χ1v) is 5.54. The van der Waals surface area contributed by atoms with Crippen molar-refractivity contribution < 1.29 is 14.6 Å². The van der Waals surface area contributed by atoms with Gasteiger partial charge in [0, 0.05) is 18.0 Å². The van der Waals surface area contributed by atoms with Gasteiger partial charge >= 0.3 is 5.97 Å². The lowest BCUT2D eigenvalue weighted by Gasteiger charge is -2.18. The van der Waals surface area contributed by atoms with E-state index in [9.17, 15) is 4.79 Å². The van der Waals surface area contributed by atoms with Crippen molar-refractivity contribution in [3.05, 3.63) is 22.4 Å². The fourth-order valence-electron chi connectivity index (χ4n) is 1.28. The minimum Gasteiger partial charge on any atom is -0.480 e. The summed E-state index contributed by atoms with van der Waals surface area (Å²) in [7, 11) is 1.49. The van der Waals surface area contributed by atoms with Crippen LogP contribution in [0.4, 0.5) is 0 Å². The number of rotatable bonds is 6. The predicted octanol–water partition coefficient (Wildman–Crippen LogP) is 1.50. The summed E-state index contributed by atoms with van der Waals surface area (Å²) >= 11 is 1.61. The second-order valence-corrected chi connectivity index (χ2v) is 4.23. The molecule has 0 spiro atoms. The fraction of sp³-hybridized carbons (Fsp3) is 0.500. The van der Waals surface area contributed by atoms with E-state index in [4.69, 9.17) is 9.84 Å². The molecule has 0 fully saturated rings. The van der Waals surface area contributed by atoms with Crippen molar-refractivity contribution in [2.45, 2.75) is 19.0 Å². The van der Waals surface area contributed by atoms with Crippen LogP contribution in [0.1, 0.15) is 17.8 Å². The van der Waals surface area contributed by atoms with Crippen molar-refractivity contribution in [3.8, 4) is 0 Å². The van der Waals surface area contributed by atoms with Crippen LogP contribution in [0.5, 0.6) is 0 Å². The van der Waals surface area contributed by atoms with Crippen LogP contribution in [-0.2, 0) is 9.53 Å². The Hall–Kier alpha value is -0.910. The van der Waals surface area contributed by atoms with Crippen LogP contribution in [0, 0.1) is 0 Å². The number of thiophene rings is 1. The Morgan fingerprint density at radius 1 is 1.73 bits per heavy atom. The van der Waals surface area contributed by atoms with Gasteiger partial charge in [0.1, 0.15) is 6.04 Å². The Bertz CT molecular complexity index is 300. The highest BCUT2D eigenvalue weighted by Gasteiger charge is 2.20. The summed E-state index contributed by atoms with van der Waals surface area (Å²) in [6.45, 7) is 2.11. The van der Waals surface area contributed by atoms with Gasteiger partial charge in [0.05, 0.1) is 6.61 Å². The molecule has 0 saturated heterocycles. The van der Waals surface area contributed by atoms with Crippen molar-refractivity contribution in [1.29, 1.82) is 0 Å². The molecule has 15 heavy (non-hydrogen) atoms. The van der Waals surface area contributed by atoms with Crippen molar-refractivity contribution in [2.24, 2.45) is 0 Å². The average molecular weight is 229 g/mol. The third-order valence-electron chi connectivity index (χ3n) is 2.05. The van der Waals surface area contributed by atoms with Gasteiger partial charge in [-0.25, -0.2) is 0 Å². The molecule has 1 heterocycles. The number of aliphatic carboxylic acids is 1. The van der Waals surface area contributed by atoms with E-state index in [1.54, 1.807) is 11.3 Å². The number of hydrogen-bond acceptors (Lipinski definition) is 4. The molecule has 4 nitrogen and oxygen atoms in total. The maximum atomic E-state index is 10.9. The lowest BCUT2D eigenvalue weighted by molar-refractivity contribution is -0.141. The van der Waals surface area contributed by atoms with E-state index in [-0.39, 0.29) is 12.6 Å². The largest absolute Gasteiger partial charge is 0.480 e. The SMILES string of the molecule is COCC(N[C@@H](C)c1cccs1)C(=O)O. The maximum Gasteiger partial charge on any atom is 0.323 e. The van der Waals surface area contributed by atoms with Crippen LogP contribution >= 0.6 is 11.3 Å². The first-order valence-electron chi connectivity index (χ1n) is 4.66. The van der Waals surface area contributed by atoms with Crippen LogP contribution in [0.25, 0.3) is 0 Å². The summed E-state index contributed by atoms with van der Waals surface area (Å²) in [5, 5.41) is 13.9. The summed E-state index contributed by atoms with van der Waals surface area (Å²) in [4.78, 5) is 12.0. The van der Waals surface area contributed by atoms with Crippen LogP contribution in [0.15, 0.2) is 17.5 Å². The van der Waals surface area contributed by atoms with Gasteiger partial charge in [0.25, 0.3) is 0 Å². The number of methoxy groups -OCH3 is 1. The molecule has 1 aromatic heterocycles. The lowest BCUT2D eigenvalue weighted by atomic mass is 10.2. The maximum absolute atomic E-state index is 10.9. The first-order chi connectivity index (χ1) is 7.15. The van der Waals surface area contributed by atoms with Gasteiger partial charge in [-0.05, 0) is 18.4 Å². The van der Waals surface area contributed by atoms with Crippen molar-refractivity contribution in [1.82, 2.24) is 5.32 Å². The van der Waals surface area contributed by atoms with E-state index in [1.807, 2.05) is 24.4 Å². The third-order valence-corrected chi connectivity index (χ3v) is 3.11. The molecule has 84 valence electrons. The number of carboxylic acids is 1. The van der Waals surface area contributed by atoms with Gasteiger partial charge in [-0.1, -0.05) is 6.07 Å². The van der Waals surface area contributed by atoms with E-state index in [0.717, 1.165) is 4.88 Å². The fourth-order valence-corrected chi connectivity index (χ4v) is 2.02. The monoisotopic (exact) mass is 229 g/mol. The minimum absolute atomic E-state index is 0.0289. The molecular weight excluding hydrogens is 214 g/mol. The second kappa shape index (κ2) is 5.85. The van der Waals surface area contributed by atoms with Crippen LogP contribution < -0.4 is 5.32 Å². The Balaban J connectivity index is 2.54. The standard InChI is InChI=1S/C10H15NO3S/c1-7(9-4-3-5-15-9)11-8(6-14-2)10(12)13/h3-5,7-8,11H,6H2,1-2H3,(H,12,13)/t7-,8?/m0/s1. The van der Waals surface area contributed by atoms with E-state index >= 15 is 0 Å². The Morgan fingerprint density at radius 2 is 2.47 bits per heavy atom. The van der Waals surface area contributed by atoms with Gasteiger partial charge in [-0.3, -0.25) is 10.1 Å². The average Bonchev–Trinajstić information content (AvgIpc) is 2.69. The molecule has 0 radical (unpaired) electrons. The summed E-state index contributed by atoms with van der Waals surface area (Å²) in [5.41, 5.74) is 0. The highest BCUT2D eigenvalue weighted by molar-refractivity contribution is 7.10. The molecule has 1 aromatic rings. The molecule has 5 heteroatoms. The van der Waals surface area contributed by atoms with Gasteiger partial charge < -0.3 is 9.84 Å². The number of nitrogens with one attached hydrogen (secondary N) is 1. The van der Waals surface area contributed by atoms with Crippen LogP contribution in [0.3, 0.4) is 0 Å². The molecule has 0 bridgehead atoms. The predicted molar refractivity (Wildman–Crippen MR) is 59.2 cm³/mol. The first kappa shape index (κ1) is 12.2. The zero-order valence-electron chi connectivity index (χ0n) is 8.77. The zero-order chi connectivity index (χ0) is 11.3. The summed E-state index contributed by atoms with van der Waals surface area (Å²) < 4.78 is 4.84. The van der Waals surface area contributed by atoms with E-state index in [0.29, 0.717) is 0 Å². The number of hydrogen-bond donors (Lipinski definition) is 2. The lowest BCUT2D eigenvalue weighted by Crippen LogP contribution is -2.41. The topological polar surface area (TPSA) is 58.6 Å². The molecule has 1 rings (SSSR count). The highest BCUT2D eigenvalue weighted by atomic mass is 32.1. The molecule has 2 N–H and O–H groups in total. The third kappa shape index (κ3) is 3.62. The smallest absolute Gasteiger partial charge is 0.323 e. The van der Waals surface area contributed by atoms with E-state index < -0.39 is 12.0 Å². The minimum atomic E-state index is -0.889. The molecule has 0 aromatic carbocycles. The molecule has 0 aliphatic rings. The number of carbonyl (C=O) groups is 1. The normalized spacial score (nSPS) is 14.8. The molecule has 0 amide bonds. The van der Waals surface area contributed by atoms with Gasteiger partial charge in [0.15, 0.2) is 0 Å². The highest BCUT2D eigenvalue weighted by Crippen LogP contribution is 2.18. The van der Waals surface area contributed by atoms with Crippen molar-refractivity contribution in [2.75, 3.05) is 13.7 Å². The number of ether oxygens (including phenoxy) is 1. The summed E-state index contributed by atoms with van der Waals surface area (Å²) in [6, 6.07) is 3.30. The summed E-state index contributed by atoms with van der Waals surface area (Å²) in [6.07, 6.45) is 0. The second-order valence-electron chi connectivity index (χ2n) is 3.25. The van der Waals surface area contributed by atoms with Gasteiger partial charge in [0.2, 0.25) is 0 Å². The van der Waals surface area contributed by atoms with Crippen LogP contribution in [-0.4, -0.2) is 30.8 Å². The quantitative estimate of drug-likeness (QED) is 0.776. The Labute approximate surface area is 92.9 Å². The van der Waals surface area contributed by atoms with Crippen molar-refractivity contribution in [3.63, 3.8) is 0 Å². The molecular formula is C10H15NO3S. The molecule has 0 aliphatic carbocycles. The van der Waals surface area contributed by atoms with Crippen LogP contribution in [0.2, 0.25) is 0 Å². The number of carboxylic acid groups (broad SMARTS) is 1. The van der Waals surface area contributed by atoms with Crippen molar-refractivity contribution >= 4 is 17.3 Å². The van der Waals surface area contributed by atoms with Gasteiger partial charge in [-0.2, -0.15) is 0 Å². The van der Waals surface area contributed by atoms with E-state index in [2.05, 4.69) is 5.32 Å². The Morgan fingerprint density at radius 3 is 2.93 bits per heavy atom. The molecule has 0 saturated carbocycles. The Kier molecular flexibility index (Phi) is 4.74.